The molecule has 0 saturated heterocycles. The number of hydrogen-bond donors (Lipinski definition) is 1. The van der Waals surface area contributed by atoms with Gasteiger partial charge in [0.1, 0.15) is 11.8 Å². The fraction of sp³-hybridized carbons (Fsp3) is 0.333. The zero-order valence-electron chi connectivity index (χ0n) is 23.3. The van der Waals surface area contributed by atoms with Gasteiger partial charge in [-0.2, -0.15) is 0 Å². The van der Waals surface area contributed by atoms with Crippen molar-refractivity contribution in [2.45, 2.75) is 38.8 Å². The zero-order chi connectivity index (χ0) is 30.0. The van der Waals surface area contributed by atoms with Crippen molar-refractivity contribution in [2.75, 3.05) is 30.8 Å². The third-order valence-electron chi connectivity index (χ3n) is 6.45. The second kappa shape index (κ2) is 14.6. The van der Waals surface area contributed by atoms with E-state index in [1.807, 2.05) is 36.4 Å². The van der Waals surface area contributed by atoms with Crippen LogP contribution >= 0.6 is 0 Å². The second-order valence-electron chi connectivity index (χ2n) is 9.51. The Labute approximate surface area is 240 Å². The van der Waals surface area contributed by atoms with Crippen molar-refractivity contribution in [2.24, 2.45) is 0 Å². The molecule has 8 nitrogen and oxygen atoms in total. The van der Waals surface area contributed by atoms with Crippen molar-refractivity contribution in [3.63, 3.8) is 0 Å². The number of benzene rings is 3. The van der Waals surface area contributed by atoms with Crippen LogP contribution in [0.25, 0.3) is 0 Å². The summed E-state index contributed by atoms with van der Waals surface area (Å²) in [4.78, 5) is 28.5. The third-order valence-corrected chi connectivity index (χ3v) is 7.65. The molecular formula is C30H35F2N3O5S. The minimum absolute atomic E-state index is 0.0450. The summed E-state index contributed by atoms with van der Waals surface area (Å²) < 4.78 is 58.5. The number of anilines is 1. The zero-order valence-corrected chi connectivity index (χ0v) is 24.2. The molecule has 3 rings (SSSR count). The van der Waals surface area contributed by atoms with Crippen molar-refractivity contribution in [3.8, 4) is 5.75 Å². The van der Waals surface area contributed by atoms with Crippen molar-refractivity contribution in [3.05, 3.63) is 95.6 Å². The number of halogens is 2. The number of nitrogens with zero attached hydrogens (tertiary/aromatic N) is 2. The Kier molecular flexibility index (Phi) is 11.2. The van der Waals surface area contributed by atoms with Crippen LogP contribution in [0.15, 0.2) is 72.8 Å². The van der Waals surface area contributed by atoms with Crippen LogP contribution in [0.2, 0.25) is 0 Å². The molecule has 1 atom stereocenters. The molecule has 0 aromatic heterocycles. The average Bonchev–Trinajstić information content (AvgIpc) is 2.94. The van der Waals surface area contributed by atoms with Crippen molar-refractivity contribution in [1.82, 2.24) is 10.2 Å². The van der Waals surface area contributed by atoms with Crippen molar-refractivity contribution >= 4 is 27.5 Å². The summed E-state index contributed by atoms with van der Waals surface area (Å²) in [6.45, 7) is 2.14. The summed E-state index contributed by atoms with van der Waals surface area (Å²) in [6.07, 6.45) is 1.21. The van der Waals surface area contributed by atoms with Gasteiger partial charge in [-0.1, -0.05) is 42.5 Å². The number of likely N-dealkylation sites (N-methyl/N-ethyl adjacent to an activating group) is 1. The van der Waals surface area contributed by atoms with Crippen LogP contribution in [0.4, 0.5) is 14.5 Å². The molecule has 0 spiro atoms. The fourth-order valence-corrected chi connectivity index (χ4v) is 5.41. The molecule has 1 N–H and O–H groups in total. The molecule has 0 fully saturated rings. The molecular weight excluding hydrogens is 552 g/mol. The summed E-state index contributed by atoms with van der Waals surface area (Å²) in [5.74, 6) is -2.35. The quantitative estimate of drug-likeness (QED) is 0.304. The Hall–Kier alpha value is -3.99. The highest BCUT2D eigenvalue weighted by Crippen LogP contribution is 2.23. The molecule has 0 saturated carbocycles. The standard InChI is InChI=1S/C30H35F2N3O5S/c1-4-33-30(37)28(19-22-10-6-5-7-11-22)34(21-23-12-8-13-25(18-23)40-2)29(36)14-9-17-35(41(3,38)39)24-15-16-26(31)27(32)20-24/h5-8,10-13,15-16,18,20,28H,4,9,14,17,19,21H2,1-3H3,(H,33,37). The summed E-state index contributed by atoms with van der Waals surface area (Å²) in [7, 11) is -2.32. The third kappa shape index (κ3) is 9.01. The fourth-order valence-electron chi connectivity index (χ4n) is 4.46. The number of carbonyl (C=O) groups excluding carboxylic acids is 2. The summed E-state index contributed by atoms with van der Waals surface area (Å²) >= 11 is 0. The first-order valence-electron chi connectivity index (χ1n) is 13.2. The van der Waals surface area contributed by atoms with Gasteiger partial charge in [0, 0.05) is 38.5 Å². The van der Waals surface area contributed by atoms with Gasteiger partial charge in [0.25, 0.3) is 0 Å². The van der Waals surface area contributed by atoms with Crippen LogP contribution in [0.1, 0.15) is 30.9 Å². The second-order valence-corrected chi connectivity index (χ2v) is 11.4. The Morgan fingerprint density at radius 1 is 0.951 bits per heavy atom. The highest BCUT2D eigenvalue weighted by Gasteiger charge is 2.30. The van der Waals surface area contributed by atoms with Gasteiger partial charge in [0.05, 0.1) is 19.1 Å². The molecule has 0 heterocycles. The molecule has 0 aliphatic rings. The molecule has 2 amide bonds. The normalized spacial score (nSPS) is 11.9. The first-order chi connectivity index (χ1) is 19.5. The Bertz CT molecular complexity index is 1440. The van der Waals surface area contributed by atoms with E-state index in [1.165, 1.54) is 18.1 Å². The summed E-state index contributed by atoms with van der Waals surface area (Å²) in [6, 6.07) is 18.5. The van der Waals surface area contributed by atoms with Crippen molar-refractivity contribution in [1.29, 1.82) is 0 Å². The van der Waals surface area contributed by atoms with Gasteiger partial charge in [-0.25, -0.2) is 17.2 Å². The Morgan fingerprint density at radius 2 is 1.66 bits per heavy atom. The maximum Gasteiger partial charge on any atom is 0.243 e. The van der Waals surface area contributed by atoms with Crippen LogP contribution in [-0.4, -0.2) is 57.6 Å². The number of sulfonamides is 1. The minimum atomic E-state index is -3.86. The molecule has 41 heavy (non-hydrogen) atoms. The van der Waals surface area contributed by atoms with Crippen LogP contribution < -0.4 is 14.4 Å². The Balaban J connectivity index is 1.88. The minimum Gasteiger partial charge on any atom is -0.497 e. The van der Waals surface area contributed by atoms with E-state index in [0.29, 0.717) is 12.3 Å². The van der Waals surface area contributed by atoms with Gasteiger partial charge in [0.2, 0.25) is 21.8 Å². The Morgan fingerprint density at radius 3 is 2.29 bits per heavy atom. The lowest BCUT2D eigenvalue weighted by molar-refractivity contribution is -0.141. The molecule has 3 aromatic carbocycles. The highest BCUT2D eigenvalue weighted by atomic mass is 32.2. The first kappa shape index (κ1) is 31.5. The summed E-state index contributed by atoms with van der Waals surface area (Å²) in [5.41, 5.74) is 1.57. The first-order valence-corrected chi connectivity index (χ1v) is 15.0. The van der Waals surface area contributed by atoms with Gasteiger partial charge < -0.3 is 15.0 Å². The lowest BCUT2D eigenvalue weighted by Crippen LogP contribution is -2.50. The number of ether oxygens (including phenoxy) is 1. The SMILES string of the molecule is CCNC(=O)C(Cc1ccccc1)N(Cc1cccc(OC)c1)C(=O)CCCN(c1ccc(F)c(F)c1)S(C)(=O)=O. The number of rotatable bonds is 14. The average molecular weight is 588 g/mol. The van der Waals surface area contributed by atoms with Crippen LogP contribution in [0, 0.1) is 11.6 Å². The van der Waals surface area contributed by atoms with E-state index in [9.17, 15) is 26.8 Å². The smallest absolute Gasteiger partial charge is 0.243 e. The van der Waals surface area contributed by atoms with Gasteiger partial charge in [-0.3, -0.25) is 13.9 Å². The number of nitrogens with one attached hydrogen (secondary N) is 1. The molecule has 0 aliphatic heterocycles. The van der Waals surface area contributed by atoms with E-state index >= 15 is 0 Å². The predicted molar refractivity (Wildman–Crippen MR) is 154 cm³/mol. The molecule has 0 aliphatic carbocycles. The van der Waals surface area contributed by atoms with Gasteiger partial charge >= 0.3 is 0 Å². The molecule has 1 unspecified atom stereocenters. The maximum atomic E-state index is 13.8. The van der Waals surface area contributed by atoms with Crippen LogP contribution in [-0.2, 0) is 32.6 Å². The topological polar surface area (TPSA) is 96.0 Å². The lowest BCUT2D eigenvalue weighted by Gasteiger charge is -2.32. The molecule has 0 radical (unpaired) electrons. The largest absolute Gasteiger partial charge is 0.497 e. The highest BCUT2D eigenvalue weighted by molar-refractivity contribution is 7.92. The van der Waals surface area contributed by atoms with Gasteiger partial charge in [0.15, 0.2) is 11.6 Å². The molecule has 220 valence electrons. The van der Waals surface area contributed by atoms with E-state index in [2.05, 4.69) is 5.32 Å². The molecule has 3 aromatic rings. The predicted octanol–water partition coefficient (Wildman–Crippen LogP) is 4.30. The van der Waals surface area contributed by atoms with E-state index in [4.69, 9.17) is 4.74 Å². The van der Waals surface area contributed by atoms with Crippen molar-refractivity contribution < 1.29 is 31.5 Å². The van der Waals surface area contributed by atoms with Crippen LogP contribution in [0.5, 0.6) is 5.75 Å². The molecule has 11 heteroatoms. The maximum absolute atomic E-state index is 13.8. The lowest BCUT2D eigenvalue weighted by atomic mass is 10.0. The monoisotopic (exact) mass is 587 g/mol. The number of hydrogen-bond acceptors (Lipinski definition) is 5. The molecule has 0 bridgehead atoms. The van der Waals surface area contributed by atoms with E-state index in [0.717, 1.165) is 33.8 Å². The van der Waals surface area contributed by atoms with Gasteiger partial charge in [-0.05, 0) is 48.7 Å². The number of amides is 2. The summed E-state index contributed by atoms with van der Waals surface area (Å²) in [5, 5.41) is 2.82. The van der Waals surface area contributed by atoms with E-state index in [-0.39, 0.29) is 49.9 Å². The van der Waals surface area contributed by atoms with E-state index < -0.39 is 27.7 Å². The van der Waals surface area contributed by atoms with Gasteiger partial charge in [-0.15, -0.1) is 0 Å². The number of methoxy groups -OCH3 is 1. The van der Waals surface area contributed by atoms with Crippen LogP contribution in [0.3, 0.4) is 0 Å². The van der Waals surface area contributed by atoms with E-state index in [1.54, 1.807) is 25.1 Å². The number of carbonyl (C=O) groups is 2.